The van der Waals surface area contributed by atoms with E-state index in [1.54, 1.807) is 11.1 Å². The minimum absolute atomic E-state index is 1.09. The van der Waals surface area contributed by atoms with Crippen molar-refractivity contribution >= 4 is 0 Å². The number of benzene rings is 4. The molecule has 0 fully saturated rings. The summed E-state index contributed by atoms with van der Waals surface area (Å²) >= 11 is 0. The summed E-state index contributed by atoms with van der Waals surface area (Å²) < 4.78 is 0. The Morgan fingerprint density at radius 1 is 0.448 bits per heavy atom. The van der Waals surface area contributed by atoms with E-state index in [0.717, 1.165) is 25.7 Å². The van der Waals surface area contributed by atoms with Crippen molar-refractivity contribution in [3.8, 4) is 22.3 Å². The highest BCUT2D eigenvalue weighted by Gasteiger charge is 2.21. The van der Waals surface area contributed by atoms with Gasteiger partial charge in [-0.25, -0.2) is 0 Å². The van der Waals surface area contributed by atoms with Crippen LogP contribution in [0.4, 0.5) is 0 Å². The molecule has 0 radical (unpaired) electrons. The Balaban J connectivity index is 1.23. The van der Waals surface area contributed by atoms with Gasteiger partial charge in [0.25, 0.3) is 0 Å². The largest absolute Gasteiger partial charge is 0.0619 e. The predicted molar refractivity (Wildman–Crippen MR) is 121 cm³/mol. The minimum atomic E-state index is 1.09. The van der Waals surface area contributed by atoms with Crippen LogP contribution >= 0.6 is 0 Å². The molecule has 29 heavy (non-hydrogen) atoms. The number of hydrogen-bond donors (Lipinski definition) is 0. The van der Waals surface area contributed by atoms with Crippen molar-refractivity contribution < 1.29 is 0 Å². The molecule has 0 amide bonds. The molecule has 0 heteroatoms. The Labute approximate surface area is 172 Å². The van der Waals surface area contributed by atoms with Crippen LogP contribution in [0.1, 0.15) is 39.8 Å². The van der Waals surface area contributed by atoms with Gasteiger partial charge in [-0.1, -0.05) is 84.9 Å². The van der Waals surface area contributed by atoms with Gasteiger partial charge < -0.3 is 0 Å². The second kappa shape index (κ2) is 6.74. The van der Waals surface area contributed by atoms with Crippen LogP contribution in [0.5, 0.6) is 0 Å². The monoisotopic (exact) mass is 372 g/mol. The van der Waals surface area contributed by atoms with Gasteiger partial charge >= 0.3 is 0 Å². The third-order valence-electron chi connectivity index (χ3n) is 6.79. The first-order chi connectivity index (χ1) is 14.4. The van der Waals surface area contributed by atoms with E-state index < -0.39 is 0 Å². The zero-order valence-corrected chi connectivity index (χ0v) is 16.6. The summed E-state index contributed by atoms with van der Waals surface area (Å²) in [5.41, 5.74) is 14.9. The lowest BCUT2D eigenvalue weighted by Gasteiger charge is -2.11. The van der Waals surface area contributed by atoms with Crippen LogP contribution in [0.25, 0.3) is 22.3 Å². The first-order valence-electron chi connectivity index (χ1n) is 10.8. The normalized spacial score (nSPS) is 13.0. The molecule has 0 N–H and O–H groups in total. The van der Waals surface area contributed by atoms with Crippen molar-refractivity contribution in [1.82, 2.24) is 0 Å². The van der Waals surface area contributed by atoms with Gasteiger partial charge in [-0.15, -0.1) is 0 Å². The van der Waals surface area contributed by atoms with Crippen molar-refractivity contribution in [2.24, 2.45) is 0 Å². The standard InChI is InChI=1S/C29H24/c1-3-14-24-22(8-1)18-28-20(12-6-16-26(24)28)10-5-11-21-13-7-17-27-25-15-4-2-9-23(25)19-29(21)27/h1-4,6-9,12-17H,5,10-11,18-19H2. The van der Waals surface area contributed by atoms with Crippen LogP contribution in [0.3, 0.4) is 0 Å². The molecule has 0 aromatic heterocycles. The number of rotatable bonds is 4. The lowest BCUT2D eigenvalue weighted by atomic mass is 9.94. The van der Waals surface area contributed by atoms with Gasteiger partial charge in [0.1, 0.15) is 0 Å². The van der Waals surface area contributed by atoms with Gasteiger partial charge in [-0.3, -0.25) is 0 Å². The SMILES string of the molecule is c1ccc2c(c1)Cc1c(CCCc3cccc4c3Cc3ccccc3-4)cccc1-2. The minimum Gasteiger partial charge on any atom is -0.0619 e. The van der Waals surface area contributed by atoms with Gasteiger partial charge in [0.2, 0.25) is 0 Å². The highest BCUT2D eigenvalue weighted by atomic mass is 14.3. The molecular formula is C29H24. The molecule has 140 valence electrons. The average molecular weight is 373 g/mol. The van der Waals surface area contributed by atoms with E-state index in [1.807, 2.05) is 0 Å². The molecule has 0 heterocycles. The van der Waals surface area contributed by atoms with E-state index in [4.69, 9.17) is 0 Å². The molecule has 6 rings (SSSR count). The molecule has 2 aliphatic rings. The van der Waals surface area contributed by atoms with Crippen molar-refractivity contribution in [1.29, 1.82) is 0 Å². The summed E-state index contributed by atoms with van der Waals surface area (Å²) in [5, 5.41) is 0. The first-order valence-corrected chi connectivity index (χ1v) is 10.8. The van der Waals surface area contributed by atoms with Crippen molar-refractivity contribution in [2.45, 2.75) is 32.1 Å². The average Bonchev–Trinajstić information content (AvgIpc) is 3.33. The smallest absolute Gasteiger partial charge is 0.00107 e. The highest BCUT2D eigenvalue weighted by Crippen LogP contribution is 2.40. The summed E-state index contributed by atoms with van der Waals surface area (Å²) in [6.07, 6.45) is 5.72. The Morgan fingerprint density at radius 3 is 1.41 bits per heavy atom. The predicted octanol–water partition coefficient (Wildman–Crippen LogP) is 7.00. The van der Waals surface area contributed by atoms with Gasteiger partial charge in [0.15, 0.2) is 0 Å². The highest BCUT2D eigenvalue weighted by molar-refractivity contribution is 5.78. The third kappa shape index (κ3) is 2.75. The van der Waals surface area contributed by atoms with E-state index >= 15 is 0 Å². The number of fused-ring (bicyclic) bond motifs is 6. The first kappa shape index (κ1) is 16.8. The van der Waals surface area contributed by atoms with Crippen molar-refractivity contribution in [3.05, 3.63) is 118 Å². The second-order valence-electron chi connectivity index (χ2n) is 8.41. The summed E-state index contributed by atoms with van der Waals surface area (Å²) in [4.78, 5) is 0. The second-order valence-corrected chi connectivity index (χ2v) is 8.41. The summed E-state index contributed by atoms with van der Waals surface area (Å²) in [7, 11) is 0. The zero-order valence-electron chi connectivity index (χ0n) is 16.6. The van der Waals surface area contributed by atoms with E-state index in [-0.39, 0.29) is 0 Å². The molecule has 0 saturated carbocycles. The molecule has 0 aliphatic heterocycles. The van der Waals surface area contributed by atoms with E-state index in [1.165, 1.54) is 50.9 Å². The Morgan fingerprint density at radius 2 is 0.897 bits per heavy atom. The maximum absolute atomic E-state index is 2.34. The summed E-state index contributed by atoms with van der Waals surface area (Å²) in [6, 6.07) is 31.5. The fourth-order valence-corrected chi connectivity index (χ4v) is 5.38. The molecule has 4 aromatic carbocycles. The molecule has 0 atom stereocenters. The molecular weight excluding hydrogens is 348 g/mol. The quantitative estimate of drug-likeness (QED) is 0.312. The van der Waals surface area contributed by atoms with E-state index in [0.29, 0.717) is 0 Å². The van der Waals surface area contributed by atoms with Gasteiger partial charge in [0.05, 0.1) is 0 Å². The molecule has 0 saturated heterocycles. The molecule has 4 aromatic rings. The molecule has 0 nitrogen and oxygen atoms in total. The lowest BCUT2D eigenvalue weighted by molar-refractivity contribution is 0.808. The van der Waals surface area contributed by atoms with E-state index in [2.05, 4.69) is 84.9 Å². The van der Waals surface area contributed by atoms with Crippen LogP contribution in [-0.4, -0.2) is 0 Å². The lowest BCUT2D eigenvalue weighted by Crippen LogP contribution is -1.98. The summed E-state index contributed by atoms with van der Waals surface area (Å²) in [6.45, 7) is 0. The van der Waals surface area contributed by atoms with Gasteiger partial charge in [0, 0.05) is 0 Å². The van der Waals surface area contributed by atoms with Crippen molar-refractivity contribution in [3.63, 3.8) is 0 Å². The zero-order chi connectivity index (χ0) is 19.2. The van der Waals surface area contributed by atoms with Crippen molar-refractivity contribution in [2.75, 3.05) is 0 Å². The van der Waals surface area contributed by atoms with Crippen LogP contribution in [-0.2, 0) is 25.7 Å². The fraction of sp³-hybridized carbons (Fsp3) is 0.172. The fourth-order valence-electron chi connectivity index (χ4n) is 5.38. The third-order valence-corrected chi connectivity index (χ3v) is 6.79. The Hall–Kier alpha value is -3.12. The molecule has 0 unspecified atom stereocenters. The number of aryl methyl sites for hydroxylation is 2. The molecule has 0 bridgehead atoms. The van der Waals surface area contributed by atoms with E-state index in [9.17, 15) is 0 Å². The van der Waals surface area contributed by atoms with Gasteiger partial charge in [-0.05, 0) is 87.7 Å². The van der Waals surface area contributed by atoms with Crippen LogP contribution < -0.4 is 0 Å². The van der Waals surface area contributed by atoms with Crippen LogP contribution in [0, 0.1) is 0 Å². The van der Waals surface area contributed by atoms with Crippen LogP contribution in [0.15, 0.2) is 84.9 Å². The number of hydrogen-bond acceptors (Lipinski definition) is 0. The Kier molecular flexibility index (Phi) is 3.90. The summed E-state index contributed by atoms with van der Waals surface area (Å²) in [5.74, 6) is 0. The Bertz CT molecular complexity index is 1130. The maximum atomic E-state index is 2.34. The molecule has 0 spiro atoms. The van der Waals surface area contributed by atoms with Gasteiger partial charge in [-0.2, -0.15) is 0 Å². The topological polar surface area (TPSA) is 0 Å². The molecule has 2 aliphatic carbocycles. The maximum Gasteiger partial charge on any atom is -0.00107 e. The van der Waals surface area contributed by atoms with Crippen LogP contribution in [0.2, 0.25) is 0 Å².